The summed E-state index contributed by atoms with van der Waals surface area (Å²) in [5, 5.41) is 3.92. The van der Waals surface area contributed by atoms with E-state index in [0.717, 1.165) is 18.7 Å². The molecule has 0 spiro atoms. The van der Waals surface area contributed by atoms with Crippen LogP contribution in [0.15, 0.2) is 18.3 Å². The molecule has 0 aliphatic carbocycles. The van der Waals surface area contributed by atoms with E-state index in [2.05, 4.69) is 36.2 Å². The van der Waals surface area contributed by atoms with Crippen LogP contribution in [-0.4, -0.2) is 36.6 Å². The lowest BCUT2D eigenvalue weighted by Crippen LogP contribution is -2.35. The molecule has 0 aliphatic rings. The summed E-state index contributed by atoms with van der Waals surface area (Å²) in [5.74, 6) is 0. The van der Waals surface area contributed by atoms with Crippen LogP contribution in [-0.2, 0) is 6.54 Å². The third-order valence-electron chi connectivity index (χ3n) is 2.44. The van der Waals surface area contributed by atoms with Gasteiger partial charge in [0.2, 0.25) is 0 Å². The van der Waals surface area contributed by atoms with Gasteiger partial charge in [0.25, 0.3) is 0 Å². The second-order valence-electron chi connectivity index (χ2n) is 3.93. The molecule has 15 heavy (non-hydrogen) atoms. The van der Waals surface area contributed by atoms with Gasteiger partial charge in [0, 0.05) is 25.3 Å². The first-order valence-corrected chi connectivity index (χ1v) is 5.45. The Morgan fingerprint density at radius 3 is 2.73 bits per heavy atom. The number of likely N-dealkylation sites (N-methyl/N-ethyl adjacent to an activating group) is 1. The molecule has 1 unspecified atom stereocenters. The SMILES string of the molecule is CC(CNCc1ccc(Cl)nc1)N(C)C. The highest BCUT2D eigenvalue weighted by Crippen LogP contribution is 2.04. The first-order valence-electron chi connectivity index (χ1n) is 5.07. The molecule has 84 valence electrons. The van der Waals surface area contributed by atoms with Crippen LogP contribution in [0.3, 0.4) is 0 Å². The van der Waals surface area contributed by atoms with Crippen LogP contribution in [0.5, 0.6) is 0 Å². The van der Waals surface area contributed by atoms with Crippen molar-refractivity contribution >= 4 is 11.6 Å². The number of nitrogens with zero attached hydrogens (tertiary/aromatic N) is 2. The molecule has 1 heterocycles. The Hall–Kier alpha value is -0.640. The fourth-order valence-corrected chi connectivity index (χ4v) is 1.23. The van der Waals surface area contributed by atoms with Gasteiger partial charge in [-0.05, 0) is 32.6 Å². The molecular formula is C11H18ClN3. The summed E-state index contributed by atoms with van der Waals surface area (Å²) in [6.07, 6.45) is 1.80. The van der Waals surface area contributed by atoms with Gasteiger partial charge < -0.3 is 10.2 Å². The van der Waals surface area contributed by atoms with Gasteiger partial charge in [0.05, 0.1) is 0 Å². The summed E-state index contributed by atoms with van der Waals surface area (Å²) in [6, 6.07) is 4.33. The lowest BCUT2D eigenvalue weighted by atomic mass is 10.2. The number of pyridine rings is 1. The topological polar surface area (TPSA) is 28.2 Å². The smallest absolute Gasteiger partial charge is 0.129 e. The third-order valence-corrected chi connectivity index (χ3v) is 2.66. The molecule has 3 nitrogen and oxygen atoms in total. The molecule has 0 saturated heterocycles. The molecule has 0 radical (unpaired) electrons. The summed E-state index contributed by atoms with van der Waals surface area (Å²) in [7, 11) is 4.16. The van der Waals surface area contributed by atoms with Gasteiger partial charge in [-0.3, -0.25) is 0 Å². The fraction of sp³-hybridized carbons (Fsp3) is 0.545. The zero-order chi connectivity index (χ0) is 11.3. The quantitative estimate of drug-likeness (QED) is 0.778. The van der Waals surface area contributed by atoms with Crippen molar-refractivity contribution in [3.63, 3.8) is 0 Å². The highest BCUT2D eigenvalue weighted by Gasteiger charge is 2.03. The summed E-state index contributed by atoms with van der Waals surface area (Å²) in [4.78, 5) is 6.21. The molecule has 1 N–H and O–H groups in total. The molecule has 0 bridgehead atoms. The van der Waals surface area contributed by atoms with Gasteiger partial charge in [-0.1, -0.05) is 17.7 Å². The molecular weight excluding hydrogens is 210 g/mol. The van der Waals surface area contributed by atoms with E-state index in [1.54, 1.807) is 6.20 Å². The van der Waals surface area contributed by atoms with Gasteiger partial charge in [-0.25, -0.2) is 4.98 Å². The minimum absolute atomic E-state index is 0.533. The monoisotopic (exact) mass is 227 g/mol. The minimum Gasteiger partial charge on any atom is -0.311 e. The van der Waals surface area contributed by atoms with Crippen molar-refractivity contribution in [3.05, 3.63) is 29.0 Å². The van der Waals surface area contributed by atoms with Crippen LogP contribution in [0.4, 0.5) is 0 Å². The van der Waals surface area contributed by atoms with E-state index in [-0.39, 0.29) is 0 Å². The predicted molar refractivity (Wildman–Crippen MR) is 64.1 cm³/mol. The lowest BCUT2D eigenvalue weighted by Gasteiger charge is -2.19. The highest BCUT2D eigenvalue weighted by atomic mass is 35.5. The molecule has 1 aromatic heterocycles. The van der Waals surface area contributed by atoms with Crippen molar-refractivity contribution in [1.82, 2.24) is 15.2 Å². The second kappa shape index (κ2) is 6.05. The molecule has 1 atom stereocenters. The van der Waals surface area contributed by atoms with E-state index in [4.69, 9.17) is 11.6 Å². The van der Waals surface area contributed by atoms with Crippen molar-refractivity contribution in [3.8, 4) is 0 Å². The van der Waals surface area contributed by atoms with E-state index in [0.29, 0.717) is 11.2 Å². The highest BCUT2D eigenvalue weighted by molar-refractivity contribution is 6.29. The number of hydrogen-bond donors (Lipinski definition) is 1. The van der Waals surface area contributed by atoms with E-state index in [9.17, 15) is 0 Å². The lowest BCUT2D eigenvalue weighted by molar-refractivity contribution is 0.302. The minimum atomic E-state index is 0.533. The Labute approximate surface area is 96.5 Å². The molecule has 0 saturated carbocycles. The molecule has 0 aliphatic heterocycles. The van der Waals surface area contributed by atoms with Crippen molar-refractivity contribution in [2.24, 2.45) is 0 Å². The largest absolute Gasteiger partial charge is 0.311 e. The first kappa shape index (κ1) is 12.4. The zero-order valence-electron chi connectivity index (χ0n) is 9.50. The number of hydrogen-bond acceptors (Lipinski definition) is 3. The van der Waals surface area contributed by atoms with E-state index in [1.807, 2.05) is 12.1 Å². The van der Waals surface area contributed by atoms with Crippen LogP contribution in [0, 0.1) is 0 Å². The van der Waals surface area contributed by atoms with Crippen molar-refractivity contribution in [2.75, 3.05) is 20.6 Å². The number of halogens is 1. The Balaban J connectivity index is 2.29. The molecule has 0 amide bonds. The Morgan fingerprint density at radius 1 is 1.47 bits per heavy atom. The van der Waals surface area contributed by atoms with Gasteiger partial charge in [0.15, 0.2) is 0 Å². The van der Waals surface area contributed by atoms with Gasteiger partial charge in [-0.15, -0.1) is 0 Å². The summed E-state index contributed by atoms with van der Waals surface area (Å²) in [5.41, 5.74) is 1.16. The van der Waals surface area contributed by atoms with Gasteiger partial charge >= 0.3 is 0 Å². The van der Waals surface area contributed by atoms with Gasteiger partial charge in [0.1, 0.15) is 5.15 Å². The van der Waals surface area contributed by atoms with Crippen LogP contribution < -0.4 is 5.32 Å². The van der Waals surface area contributed by atoms with E-state index >= 15 is 0 Å². The molecule has 1 aromatic rings. The van der Waals surface area contributed by atoms with E-state index < -0.39 is 0 Å². The predicted octanol–water partition coefficient (Wildman–Crippen LogP) is 1.77. The van der Waals surface area contributed by atoms with Crippen LogP contribution in [0.25, 0.3) is 0 Å². The third kappa shape index (κ3) is 4.60. The Kier molecular flexibility index (Phi) is 5.02. The average molecular weight is 228 g/mol. The van der Waals surface area contributed by atoms with Crippen molar-refractivity contribution in [1.29, 1.82) is 0 Å². The Bertz CT molecular complexity index is 284. The molecule has 4 heteroatoms. The van der Waals surface area contributed by atoms with E-state index in [1.165, 1.54) is 0 Å². The average Bonchev–Trinajstić information content (AvgIpc) is 2.20. The molecule has 0 fully saturated rings. The Morgan fingerprint density at radius 2 is 2.20 bits per heavy atom. The number of nitrogens with one attached hydrogen (secondary N) is 1. The maximum absolute atomic E-state index is 5.70. The maximum atomic E-state index is 5.70. The fourth-order valence-electron chi connectivity index (χ4n) is 1.12. The standard InChI is InChI=1S/C11H18ClN3/c1-9(15(2)3)6-13-7-10-4-5-11(12)14-8-10/h4-5,8-9,13H,6-7H2,1-3H3. The number of aromatic nitrogens is 1. The zero-order valence-corrected chi connectivity index (χ0v) is 10.3. The van der Waals surface area contributed by atoms with Crippen LogP contribution >= 0.6 is 11.6 Å². The number of rotatable bonds is 5. The van der Waals surface area contributed by atoms with Crippen molar-refractivity contribution < 1.29 is 0 Å². The van der Waals surface area contributed by atoms with Crippen LogP contribution in [0.1, 0.15) is 12.5 Å². The second-order valence-corrected chi connectivity index (χ2v) is 4.32. The molecule has 0 aromatic carbocycles. The van der Waals surface area contributed by atoms with Gasteiger partial charge in [-0.2, -0.15) is 0 Å². The first-order chi connectivity index (χ1) is 7.09. The molecule has 1 rings (SSSR count). The summed E-state index contributed by atoms with van der Waals surface area (Å²) >= 11 is 5.70. The van der Waals surface area contributed by atoms with Crippen molar-refractivity contribution in [2.45, 2.75) is 19.5 Å². The van der Waals surface area contributed by atoms with Crippen LogP contribution in [0.2, 0.25) is 5.15 Å². The summed E-state index contributed by atoms with van der Waals surface area (Å²) < 4.78 is 0. The maximum Gasteiger partial charge on any atom is 0.129 e. The normalized spacial score (nSPS) is 13.1. The summed E-state index contributed by atoms with van der Waals surface area (Å²) in [6.45, 7) is 3.99.